The number of thiophene rings is 1. The summed E-state index contributed by atoms with van der Waals surface area (Å²) in [7, 11) is 1.56. The first-order valence-corrected chi connectivity index (χ1v) is 8.31. The summed E-state index contributed by atoms with van der Waals surface area (Å²) < 4.78 is 10.8. The minimum atomic E-state index is -0.379. The Labute approximate surface area is 144 Å². The maximum Gasteiger partial charge on any atom is 0.353 e. The van der Waals surface area contributed by atoms with Crippen molar-refractivity contribution in [2.24, 2.45) is 0 Å². The highest BCUT2D eigenvalue weighted by atomic mass is 32.1. The molecule has 24 heavy (non-hydrogen) atoms. The molecule has 0 saturated carbocycles. The molecule has 0 aliphatic heterocycles. The van der Waals surface area contributed by atoms with Crippen LogP contribution in [0.4, 0.5) is 0 Å². The fourth-order valence-corrected chi connectivity index (χ4v) is 2.77. The highest BCUT2D eigenvalue weighted by Crippen LogP contribution is 2.30. The number of methoxy groups -OCH3 is 1. The molecule has 4 heteroatoms. The largest absolute Gasteiger partial charge is 0.493 e. The molecule has 3 nitrogen and oxygen atoms in total. The van der Waals surface area contributed by atoms with Crippen LogP contribution in [0.25, 0.3) is 12.2 Å². The van der Waals surface area contributed by atoms with E-state index in [1.165, 1.54) is 11.3 Å². The summed E-state index contributed by atoms with van der Waals surface area (Å²) in [6.07, 6.45) is 4.01. The Balaban J connectivity index is 1.78. The van der Waals surface area contributed by atoms with Crippen LogP contribution >= 0.6 is 11.3 Å². The first kappa shape index (κ1) is 16.0. The van der Waals surface area contributed by atoms with E-state index < -0.39 is 0 Å². The van der Waals surface area contributed by atoms with Gasteiger partial charge < -0.3 is 9.47 Å². The molecule has 0 fully saturated rings. The van der Waals surface area contributed by atoms with Crippen molar-refractivity contribution < 1.29 is 14.3 Å². The van der Waals surface area contributed by atoms with Gasteiger partial charge in [-0.3, -0.25) is 0 Å². The highest BCUT2D eigenvalue weighted by Gasteiger charge is 2.13. The minimum absolute atomic E-state index is 0.379. The van der Waals surface area contributed by atoms with E-state index in [9.17, 15) is 4.79 Å². The Morgan fingerprint density at radius 2 is 1.71 bits per heavy atom. The SMILES string of the molecule is COc1cc(/C=C/c2ccccc2)ccc1OC(=O)c1cccs1. The minimum Gasteiger partial charge on any atom is -0.493 e. The van der Waals surface area contributed by atoms with E-state index in [-0.39, 0.29) is 5.97 Å². The van der Waals surface area contributed by atoms with E-state index in [2.05, 4.69) is 0 Å². The molecular weight excluding hydrogens is 320 g/mol. The van der Waals surface area contributed by atoms with Crippen LogP contribution in [0.15, 0.2) is 66.0 Å². The van der Waals surface area contributed by atoms with Crippen molar-refractivity contribution in [3.8, 4) is 11.5 Å². The molecule has 0 radical (unpaired) electrons. The maximum absolute atomic E-state index is 12.1. The number of carbonyl (C=O) groups excluding carboxylic acids is 1. The lowest BCUT2D eigenvalue weighted by molar-refractivity contribution is 0.0735. The summed E-state index contributed by atoms with van der Waals surface area (Å²) in [4.78, 5) is 12.6. The molecule has 0 unspecified atom stereocenters. The fourth-order valence-electron chi connectivity index (χ4n) is 2.17. The Morgan fingerprint density at radius 1 is 0.917 bits per heavy atom. The van der Waals surface area contributed by atoms with Crippen molar-refractivity contribution in [2.45, 2.75) is 0 Å². The molecule has 3 aromatic rings. The van der Waals surface area contributed by atoms with E-state index >= 15 is 0 Å². The average molecular weight is 336 g/mol. The normalized spacial score (nSPS) is 10.7. The number of ether oxygens (including phenoxy) is 2. The molecule has 3 rings (SSSR count). The lowest BCUT2D eigenvalue weighted by Crippen LogP contribution is -2.07. The summed E-state index contributed by atoms with van der Waals surface area (Å²) in [6.45, 7) is 0. The fraction of sp³-hybridized carbons (Fsp3) is 0.0500. The van der Waals surface area contributed by atoms with Crippen molar-refractivity contribution >= 4 is 29.5 Å². The Bertz CT molecular complexity index is 837. The van der Waals surface area contributed by atoms with Crippen LogP contribution in [0.1, 0.15) is 20.8 Å². The van der Waals surface area contributed by atoms with Gasteiger partial charge in [0.1, 0.15) is 4.88 Å². The molecule has 0 aliphatic carbocycles. The maximum atomic E-state index is 12.1. The van der Waals surface area contributed by atoms with Crippen molar-refractivity contribution in [2.75, 3.05) is 7.11 Å². The Hall–Kier alpha value is -2.85. The van der Waals surface area contributed by atoms with Gasteiger partial charge in [-0.15, -0.1) is 11.3 Å². The van der Waals surface area contributed by atoms with E-state index in [1.54, 1.807) is 19.2 Å². The molecule has 0 saturated heterocycles. The summed E-state index contributed by atoms with van der Waals surface area (Å²) in [5, 5.41) is 1.84. The van der Waals surface area contributed by atoms with E-state index in [4.69, 9.17) is 9.47 Å². The van der Waals surface area contributed by atoms with Crippen LogP contribution in [0.3, 0.4) is 0 Å². The number of benzene rings is 2. The molecule has 120 valence electrons. The Kier molecular flexibility index (Phi) is 5.08. The monoisotopic (exact) mass is 336 g/mol. The van der Waals surface area contributed by atoms with Gasteiger partial charge in [-0.1, -0.05) is 54.6 Å². The molecule has 0 bridgehead atoms. The average Bonchev–Trinajstić information content (AvgIpc) is 3.16. The molecule has 0 N–H and O–H groups in total. The third-order valence-electron chi connectivity index (χ3n) is 3.38. The van der Waals surface area contributed by atoms with Crippen LogP contribution in [-0.2, 0) is 0 Å². The van der Waals surface area contributed by atoms with Crippen molar-refractivity contribution in [3.05, 3.63) is 82.0 Å². The predicted molar refractivity (Wildman–Crippen MR) is 97.6 cm³/mol. The quantitative estimate of drug-likeness (QED) is 0.367. The van der Waals surface area contributed by atoms with Gasteiger partial charge in [0.2, 0.25) is 0 Å². The van der Waals surface area contributed by atoms with Gasteiger partial charge in [-0.05, 0) is 34.7 Å². The number of carbonyl (C=O) groups is 1. The lowest BCUT2D eigenvalue weighted by atomic mass is 10.1. The first-order valence-electron chi connectivity index (χ1n) is 7.43. The molecule has 0 amide bonds. The topological polar surface area (TPSA) is 35.5 Å². The summed E-state index contributed by atoms with van der Waals surface area (Å²) in [6, 6.07) is 19.1. The van der Waals surface area contributed by atoms with Crippen molar-refractivity contribution in [1.82, 2.24) is 0 Å². The summed E-state index contributed by atoms with van der Waals surface area (Å²) in [5.41, 5.74) is 2.08. The molecule has 0 spiro atoms. The van der Waals surface area contributed by atoms with E-state index in [1.807, 2.05) is 66.1 Å². The third kappa shape index (κ3) is 3.91. The number of hydrogen-bond acceptors (Lipinski definition) is 4. The number of esters is 1. The van der Waals surface area contributed by atoms with Crippen LogP contribution < -0.4 is 9.47 Å². The second-order valence-corrected chi connectivity index (χ2v) is 5.97. The van der Waals surface area contributed by atoms with Gasteiger partial charge in [-0.25, -0.2) is 4.79 Å². The molecule has 1 aromatic heterocycles. The number of rotatable bonds is 5. The smallest absolute Gasteiger partial charge is 0.353 e. The van der Waals surface area contributed by atoms with Crippen molar-refractivity contribution in [3.63, 3.8) is 0 Å². The van der Waals surface area contributed by atoms with Gasteiger partial charge >= 0.3 is 5.97 Å². The zero-order valence-corrected chi connectivity index (χ0v) is 14.0. The molecular formula is C20H16O3S. The van der Waals surface area contributed by atoms with Crippen LogP contribution in [0, 0.1) is 0 Å². The molecule has 0 aliphatic rings. The first-order chi connectivity index (χ1) is 11.8. The second-order valence-electron chi connectivity index (χ2n) is 5.02. The van der Waals surface area contributed by atoms with E-state index in [0.717, 1.165) is 11.1 Å². The van der Waals surface area contributed by atoms with Gasteiger partial charge in [-0.2, -0.15) is 0 Å². The van der Waals surface area contributed by atoms with Gasteiger partial charge in [0.05, 0.1) is 7.11 Å². The standard InChI is InChI=1S/C20H16O3S/c1-22-18-14-16(10-9-15-6-3-2-4-7-15)11-12-17(18)23-20(21)19-8-5-13-24-19/h2-14H,1H3/b10-9+. The Morgan fingerprint density at radius 3 is 2.42 bits per heavy atom. The van der Waals surface area contributed by atoms with Gasteiger partial charge in [0.15, 0.2) is 11.5 Å². The lowest BCUT2D eigenvalue weighted by Gasteiger charge is -2.09. The molecule has 2 aromatic carbocycles. The molecule has 0 atom stereocenters. The van der Waals surface area contributed by atoms with Gasteiger partial charge in [0.25, 0.3) is 0 Å². The number of hydrogen-bond donors (Lipinski definition) is 0. The zero-order valence-electron chi connectivity index (χ0n) is 13.1. The van der Waals surface area contributed by atoms with Crippen LogP contribution in [0.5, 0.6) is 11.5 Å². The van der Waals surface area contributed by atoms with Gasteiger partial charge in [0, 0.05) is 0 Å². The zero-order chi connectivity index (χ0) is 16.8. The van der Waals surface area contributed by atoms with Crippen LogP contribution in [-0.4, -0.2) is 13.1 Å². The van der Waals surface area contributed by atoms with Crippen LogP contribution in [0.2, 0.25) is 0 Å². The van der Waals surface area contributed by atoms with Crippen molar-refractivity contribution in [1.29, 1.82) is 0 Å². The van der Waals surface area contributed by atoms with E-state index in [0.29, 0.717) is 16.4 Å². The highest BCUT2D eigenvalue weighted by molar-refractivity contribution is 7.12. The summed E-state index contributed by atoms with van der Waals surface area (Å²) >= 11 is 1.35. The predicted octanol–water partition coefficient (Wildman–Crippen LogP) is 5.15. The second kappa shape index (κ2) is 7.62. The summed E-state index contributed by atoms with van der Waals surface area (Å²) in [5.74, 6) is 0.554. The third-order valence-corrected chi connectivity index (χ3v) is 4.23. The molecule has 1 heterocycles.